The second-order valence-electron chi connectivity index (χ2n) is 6.01. The highest BCUT2D eigenvalue weighted by molar-refractivity contribution is 5.66. The minimum atomic E-state index is -0.801. The average molecular weight is 294 g/mol. The lowest BCUT2D eigenvalue weighted by molar-refractivity contribution is -0.384. The van der Waals surface area contributed by atoms with Crippen LogP contribution in [0.2, 0.25) is 0 Å². The lowest BCUT2D eigenvalue weighted by Gasteiger charge is -2.24. The van der Waals surface area contributed by atoms with Crippen molar-refractivity contribution >= 4 is 17.3 Å². The van der Waals surface area contributed by atoms with E-state index in [0.29, 0.717) is 18.7 Å². The molecule has 0 amide bonds. The van der Waals surface area contributed by atoms with Gasteiger partial charge in [-0.05, 0) is 36.8 Å². The summed E-state index contributed by atoms with van der Waals surface area (Å²) >= 11 is 0. The molecular formula is C15H22N2O4. The van der Waals surface area contributed by atoms with Crippen LogP contribution >= 0.6 is 0 Å². The molecule has 0 aliphatic rings. The highest BCUT2D eigenvalue weighted by atomic mass is 16.6. The summed E-state index contributed by atoms with van der Waals surface area (Å²) in [5, 5.41) is 22.8. The Bertz CT molecular complexity index is 526. The quantitative estimate of drug-likeness (QED) is 0.564. The summed E-state index contributed by atoms with van der Waals surface area (Å²) in [6.45, 7) is 6.45. The molecule has 0 saturated carbocycles. The van der Waals surface area contributed by atoms with Gasteiger partial charge in [-0.1, -0.05) is 19.9 Å². The molecule has 21 heavy (non-hydrogen) atoms. The molecule has 0 radical (unpaired) electrons. The molecule has 6 heteroatoms. The average Bonchev–Trinajstić information content (AvgIpc) is 2.36. The summed E-state index contributed by atoms with van der Waals surface area (Å²) in [4.78, 5) is 21.2. The fourth-order valence-electron chi connectivity index (χ4n) is 2.06. The monoisotopic (exact) mass is 294 g/mol. The van der Waals surface area contributed by atoms with Gasteiger partial charge in [0.25, 0.3) is 5.69 Å². The van der Waals surface area contributed by atoms with Crippen molar-refractivity contribution in [2.45, 2.75) is 40.0 Å². The number of nitro groups is 1. The lowest BCUT2D eigenvalue weighted by atomic mass is 9.84. The van der Waals surface area contributed by atoms with Crippen LogP contribution in [0.1, 0.15) is 38.7 Å². The van der Waals surface area contributed by atoms with E-state index in [1.54, 1.807) is 12.1 Å². The fraction of sp³-hybridized carbons (Fsp3) is 0.533. The lowest BCUT2D eigenvalue weighted by Crippen LogP contribution is -2.18. The molecule has 0 fully saturated rings. The predicted molar refractivity (Wildman–Crippen MR) is 81.6 cm³/mol. The molecule has 0 aliphatic carbocycles. The van der Waals surface area contributed by atoms with E-state index in [2.05, 4.69) is 5.32 Å². The van der Waals surface area contributed by atoms with E-state index in [4.69, 9.17) is 5.11 Å². The van der Waals surface area contributed by atoms with Gasteiger partial charge in [0.1, 0.15) is 5.69 Å². The SMILES string of the molecule is Cc1ccc([N+](=O)[O-])c(NCCC(C)(C)CCC(=O)O)c1. The zero-order valence-electron chi connectivity index (χ0n) is 12.7. The number of benzene rings is 1. The first kappa shape index (κ1) is 16.9. The van der Waals surface area contributed by atoms with Crippen LogP contribution in [0, 0.1) is 22.5 Å². The van der Waals surface area contributed by atoms with Crippen molar-refractivity contribution in [3.05, 3.63) is 33.9 Å². The molecular weight excluding hydrogens is 272 g/mol. The number of nitrogens with one attached hydrogen (secondary N) is 1. The molecule has 0 bridgehead atoms. The fourth-order valence-corrected chi connectivity index (χ4v) is 2.06. The molecule has 116 valence electrons. The van der Waals surface area contributed by atoms with Gasteiger partial charge < -0.3 is 10.4 Å². The molecule has 0 spiro atoms. The van der Waals surface area contributed by atoms with Crippen LogP contribution in [0.3, 0.4) is 0 Å². The van der Waals surface area contributed by atoms with E-state index >= 15 is 0 Å². The Kier molecular flexibility index (Phi) is 5.69. The third-order valence-corrected chi connectivity index (χ3v) is 3.48. The van der Waals surface area contributed by atoms with Crippen LogP contribution in [0.25, 0.3) is 0 Å². The van der Waals surface area contributed by atoms with Crippen LogP contribution in [0.5, 0.6) is 0 Å². The van der Waals surface area contributed by atoms with Crippen LogP contribution in [-0.4, -0.2) is 22.5 Å². The molecule has 0 aliphatic heterocycles. The number of aliphatic carboxylic acids is 1. The molecule has 1 aromatic rings. The van der Waals surface area contributed by atoms with Crippen LogP contribution < -0.4 is 5.32 Å². The van der Waals surface area contributed by atoms with Gasteiger partial charge in [-0.25, -0.2) is 0 Å². The number of carboxylic acid groups (broad SMARTS) is 1. The maximum absolute atomic E-state index is 11.0. The standard InChI is InChI=1S/C15H22N2O4/c1-11-4-5-13(17(20)21)12(10-11)16-9-8-15(2,3)7-6-14(18)19/h4-5,10,16H,6-9H2,1-3H3,(H,18,19). The second-order valence-corrected chi connectivity index (χ2v) is 6.01. The zero-order valence-corrected chi connectivity index (χ0v) is 12.7. The van der Waals surface area contributed by atoms with Crippen molar-refractivity contribution in [3.8, 4) is 0 Å². The number of hydrogen-bond donors (Lipinski definition) is 2. The number of carboxylic acids is 1. The van der Waals surface area contributed by atoms with E-state index in [1.165, 1.54) is 6.07 Å². The van der Waals surface area contributed by atoms with Crippen molar-refractivity contribution in [3.63, 3.8) is 0 Å². The zero-order chi connectivity index (χ0) is 16.0. The molecule has 0 saturated heterocycles. The van der Waals surface area contributed by atoms with E-state index in [-0.39, 0.29) is 17.5 Å². The maximum Gasteiger partial charge on any atom is 0.303 e. The number of rotatable bonds is 8. The summed E-state index contributed by atoms with van der Waals surface area (Å²) < 4.78 is 0. The first-order chi connectivity index (χ1) is 9.71. The minimum absolute atomic E-state index is 0.0592. The Morgan fingerprint density at radius 1 is 1.38 bits per heavy atom. The maximum atomic E-state index is 11.0. The molecule has 0 unspecified atom stereocenters. The first-order valence-corrected chi connectivity index (χ1v) is 6.92. The number of aryl methyl sites for hydroxylation is 1. The van der Waals surface area contributed by atoms with Gasteiger partial charge in [-0.3, -0.25) is 14.9 Å². The van der Waals surface area contributed by atoms with Crippen molar-refractivity contribution in [1.82, 2.24) is 0 Å². The number of hydrogen-bond acceptors (Lipinski definition) is 4. The normalized spacial score (nSPS) is 11.2. The number of nitrogens with zero attached hydrogens (tertiary/aromatic N) is 1. The molecule has 0 aromatic heterocycles. The summed E-state index contributed by atoms with van der Waals surface area (Å²) in [6.07, 6.45) is 1.46. The number of anilines is 1. The predicted octanol–water partition coefficient (Wildman–Crippen LogP) is 3.60. The summed E-state index contributed by atoms with van der Waals surface area (Å²) in [7, 11) is 0. The topological polar surface area (TPSA) is 92.5 Å². The Morgan fingerprint density at radius 2 is 2.05 bits per heavy atom. The van der Waals surface area contributed by atoms with E-state index in [1.807, 2.05) is 20.8 Å². The van der Waals surface area contributed by atoms with Gasteiger partial charge in [0.2, 0.25) is 0 Å². The Hall–Kier alpha value is -2.11. The van der Waals surface area contributed by atoms with E-state index in [0.717, 1.165) is 12.0 Å². The molecule has 1 aromatic carbocycles. The molecule has 6 nitrogen and oxygen atoms in total. The highest BCUT2D eigenvalue weighted by Gasteiger charge is 2.20. The van der Waals surface area contributed by atoms with Crippen molar-refractivity contribution < 1.29 is 14.8 Å². The summed E-state index contributed by atoms with van der Waals surface area (Å²) in [6, 6.07) is 4.95. The molecule has 0 heterocycles. The van der Waals surface area contributed by atoms with E-state index < -0.39 is 10.9 Å². The smallest absolute Gasteiger partial charge is 0.303 e. The minimum Gasteiger partial charge on any atom is -0.481 e. The summed E-state index contributed by atoms with van der Waals surface area (Å²) in [5.41, 5.74) is 1.40. The van der Waals surface area contributed by atoms with Crippen molar-refractivity contribution in [2.75, 3.05) is 11.9 Å². The van der Waals surface area contributed by atoms with E-state index in [9.17, 15) is 14.9 Å². The van der Waals surface area contributed by atoms with Crippen LogP contribution in [0.15, 0.2) is 18.2 Å². The molecule has 2 N–H and O–H groups in total. The Balaban J connectivity index is 2.61. The molecule has 1 rings (SSSR count). The molecule has 0 atom stereocenters. The van der Waals surface area contributed by atoms with Gasteiger partial charge in [0, 0.05) is 19.0 Å². The van der Waals surface area contributed by atoms with Gasteiger partial charge in [-0.15, -0.1) is 0 Å². The first-order valence-electron chi connectivity index (χ1n) is 6.92. The van der Waals surface area contributed by atoms with Crippen LogP contribution in [-0.2, 0) is 4.79 Å². The van der Waals surface area contributed by atoms with Crippen molar-refractivity contribution in [1.29, 1.82) is 0 Å². The third kappa shape index (κ3) is 5.81. The van der Waals surface area contributed by atoms with Gasteiger partial charge in [0.05, 0.1) is 4.92 Å². The third-order valence-electron chi connectivity index (χ3n) is 3.48. The number of carbonyl (C=O) groups is 1. The Morgan fingerprint density at radius 3 is 2.62 bits per heavy atom. The Labute approximate surface area is 124 Å². The van der Waals surface area contributed by atoms with Crippen molar-refractivity contribution in [2.24, 2.45) is 5.41 Å². The highest BCUT2D eigenvalue weighted by Crippen LogP contribution is 2.29. The number of nitro benzene ring substituents is 1. The largest absolute Gasteiger partial charge is 0.481 e. The van der Waals surface area contributed by atoms with Crippen LogP contribution in [0.4, 0.5) is 11.4 Å². The second kappa shape index (κ2) is 7.06. The van der Waals surface area contributed by atoms with Gasteiger partial charge in [0.15, 0.2) is 0 Å². The van der Waals surface area contributed by atoms with Gasteiger partial charge >= 0.3 is 5.97 Å². The van der Waals surface area contributed by atoms with Gasteiger partial charge in [-0.2, -0.15) is 0 Å². The summed E-state index contributed by atoms with van der Waals surface area (Å²) in [5.74, 6) is -0.801.